The Hall–Kier alpha value is -1.07. The van der Waals surface area contributed by atoms with Crippen molar-refractivity contribution in [3.05, 3.63) is 21.6 Å². The number of hydrogen-bond acceptors (Lipinski definition) is 4. The van der Waals surface area contributed by atoms with Crippen LogP contribution in [0.25, 0.3) is 0 Å². The van der Waals surface area contributed by atoms with Crippen molar-refractivity contribution in [3.63, 3.8) is 0 Å². The maximum absolute atomic E-state index is 12.0. The molecular weight excluding hydrogens is 254 g/mol. The second kappa shape index (κ2) is 5.28. The average molecular weight is 274 g/mol. The molecule has 0 aromatic carbocycles. The highest BCUT2D eigenvalue weighted by Gasteiger charge is 2.25. The molecule has 6 heteroatoms. The van der Waals surface area contributed by atoms with Gasteiger partial charge in [-0.1, -0.05) is 11.6 Å². The number of nitrogens with one attached hydrogen (secondary N) is 1. The lowest BCUT2D eigenvalue weighted by atomic mass is 9.98. The molecule has 0 aliphatic carbocycles. The van der Waals surface area contributed by atoms with E-state index in [1.54, 1.807) is 6.92 Å². The largest absolute Gasteiger partial charge is 0.391 e. The number of aliphatic hydroxyl groups is 1. The Balaban J connectivity index is 3.15. The minimum Gasteiger partial charge on any atom is -0.391 e. The van der Waals surface area contributed by atoms with Crippen LogP contribution in [-0.2, 0) is 0 Å². The van der Waals surface area contributed by atoms with Crippen molar-refractivity contribution < 1.29 is 5.11 Å². The molecular formula is C12H20ClN3O2. The Labute approximate surface area is 112 Å². The quantitative estimate of drug-likeness (QED) is 0.881. The summed E-state index contributed by atoms with van der Waals surface area (Å²) >= 11 is 6.04. The second-order valence-electron chi connectivity index (χ2n) is 5.24. The first-order chi connectivity index (χ1) is 8.16. The third-order valence-corrected chi connectivity index (χ3v) is 3.30. The molecule has 0 fully saturated rings. The lowest BCUT2D eigenvalue weighted by Crippen LogP contribution is -2.42. The summed E-state index contributed by atoms with van der Waals surface area (Å²) < 4.78 is 1.32. The highest BCUT2D eigenvalue weighted by molar-refractivity contribution is 6.32. The number of aromatic nitrogens is 2. The van der Waals surface area contributed by atoms with Crippen LogP contribution < -0.4 is 10.9 Å². The molecule has 0 amide bonds. The van der Waals surface area contributed by atoms with E-state index in [0.29, 0.717) is 5.69 Å². The molecule has 1 unspecified atom stereocenters. The summed E-state index contributed by atoms with van der Waals surface area (Å²) in [4.78, 5) is 12.0. The van der Waals surface area contributed by atoms with Gasteiger partial charge in [0.25, 0.3) is 5.56 Å². The van der Waals surface area contributed by atoms with Crippen LogP contribution in [0.4, 0.5) is 5.69 Å². The first kappa shape index (κ1) is 15.0. The fraction of sp³-hybridized carbons (Fsp3) is 0.667. The summed E-state index contributed by atoms with van der Waals surface area (Å²) in [7, 11) is 0. The van der Waals surface area contributed by atoms with E-state index in [-0.39, 0.29) is 16.6 Å². The maximum Gasteiger partial charge on any atom is 0.287 e. The molecule has 18 heavy (non-hydrogen) atoms. The first-order valence-electron chi connectivity index (χ1n) is 5.90. The van der Waals surface area contributed by atoms with E-state index in [4.69, 9.17) is 11.6 Å². The van der Waals surface area contributed by atoms with E-state index in [0.717, 1.165) is 0 Å². The maximum atomic E-state index is 12.0. The Morgan fingerprint density at radius 1 is 1.44 bits per heavy atom. The molecule has 0 radical (unpaired) electrons. The molecule has 0 aliphatic rings. The van der Waals surface area contributed by atoms with E-state index < -0.39 is 11.6 Å². The lowest BCUT2D eigenvalue weighted by Gasteiger charge is -2.30. The Morgan fingerprint density at radius 3 is 2.44 bits per heavy atom. The molecule has 1 rings (SSSR count). The van der Waals surface area contributed by atoms with E-state index in [1.807, 2.05) is 27.7 Å². The summed E-state index contributed by atoms with van der Waals surface area (Å²) in [6.07, 6.45) is 0.912. The van der Waals surface area contributed by atoms with Crippen molar-refractivity contribution >= 4 is 17.3 Å². The van der Waals surface area contributed by atoms with Gasteiger partial charge in [-0.15, -0.1) is 0 Å². The number of nitrogens with zero attached hydrogens (tertiary/aromatic N) is 2. The Bertz CT molecular complexity index is 481. The second-order valence-corrected chi connectivity index (χ2v) is 5.62. The molecule has 0 aliphatic heterocycles. The molecule has 1 heterocycles. The standard InChI is InChI=1S/C12H20ClN3O2/c1-7(2)16-11(18)10(13)9(6-14-16)15-12(4,5)8(3)17/h6-8,15,17H,1-5H3. The zero-order valence-electron chi connectivity index (χ0n) is 11.4. The van der Waals surface area contributed by atoms with Crippen LogP contribution in [0.5, 0.6) is 0 Å². The van der Waals surface area contributed by atoms with Crippen LogP contribution in [0.1, 0.15) is 40.7 Å². The van der Waals surface area contributed by atoms with E-state index >= 15 is 0 Å². The number of halogens is 1. The third-order valence-electron chi connectivity index (χ3n) is 2.93. The minimum absolute atomic E-state index is 0.0474. The summed E-state index contributed by atoms with van der Waals surface area (Å²) in [6, 6.07) is -0.0474. The van der Waals surface area contributed by atoms with Gasteiger partial charge in [0.1, 0.15) is 5.02 Å². The van der Waals surface area contributed by atoms with E-state index in [2.05, 4.69) is 10.4 Å². The van der Waals surface area contributed by atoms with E-state index in [1.165, 1.54) is 10.9 Å². The van der Waals surface area contributed by atoms with Crippen molar-refractivity contribution in [2.45, 2.75) is 52.3 Å². The van der Waals surface area contributed by atoms with Gasteiger partial charge >= 0.3 is 0 Å². The highest BCUT2D eigenvalue weighted by Crippen LogP contribution is 2.22. The molecule has 1 aromatic rings. The third kappa shape index (κ3) is 3.03. The van der Waals surface area contributed by atoms with Gasteiger partial charge in [0.05, 0.1) is 29.6 Å². The van der Waals surface area contributed by atoms with Gasteiger partial charge < -0.3 is 10.4 Å². The summed E-state index contributed by atoms with van der Waals surface area (Å²) in [5, 5.41) is 16.8. The Morgan fingerprint density at radius 2 is 2.00 bits per heavy atom. The summed E-state index contributed by atoms with van der Waals surface area (Å²) in [5.41, 5.74) is -0.496. The van der Waals surface area contributed by atoms with Crippen LogP contribution in [0.2, 0.25) is 5.02 Å². The fourth-order valence-electron chi connectivity index (χ4n) is 1.35. The lowest BCUT2D eigenvalue weighted by molar-refractivity contribution is 0.133. The van der Waals surface area contributed by atoms with Crippen LogP contribution in [-0.4, -0.2) is 26.5 Å². The topological polar surface area (TPSA) is 67.2 Å². The van der Waals surface area contributed by atoms with Crippen LogP contribution in [0.3, 0.4) is 0 Å². The fourth-order valence-corrected chi connectivity index (χ4v) is 1.53. The molecule has 1 aromatic heterocycles. The van der Waals surface area contributed by atoms with Crippen molar-refractivity contribution in [3.8, 4) is 0 Å². The average Bonchev–Trinajstić information content (AvgIpc) is 2.24. The zero-order chi connectivity index (χ0) is 14.1. The number of aliphatic hydroxyl groups excluding tert-OH is 1. The minimum atomic E-state index is -0.596. The van der Waals surface area contributed by atoms with Crippen molar-refractivity contribution in [1.29, 1.82) is 0 Å². The molecule has 2 N–H and O–H groups in total. The van der Waals surface area contributed by atoms with Gasteiger partial charge in [0.15, 0.2) is 0 Å². The van der Waals surface area contributed by atoms with Crippen molar-refractivity contribution in [1.82, 2.24) is 9.78 Å². The molecule has 5 nitrogen and oxygen atoms in total. The predicted molar refractivity (Wildman–Crippen MR) is 73.3 cm³/mol. The molecule has 0 bridgehead atoms. The first-order valence-corrected chi connectivity index (χ1v) is 6.28. The molecule has 0 saturated carbocycles. The predicted octanol–water partition coefficient (Wildman–Crippen LogP) is 2.05. The number of hydrogen-bond donors (Lipinski definition) is 2. The van der Waals surface area contributed by atoms with Gasteiger partial charge in [-0.2, -0.15) is 5.10 Å². The van der Waals surface area contributed by atoms with Gasteiger partial charge in [-0.05, 0) is 34.6 Å². The van der Waals surface area contributed by atoms with E-state index in [9.17, 15) is 9.90 Å². The zero-order valence-corrected chi connectivity index (χ0v) is 12.1. The summed E-state index contributed by atoms with van der Waals surface area (Å²) in [6.45, 7) is 9.03. The molecule has 102 valence electrons. The molecule has 1 atom stereocenters. The number of rotatable bonds is 4. The van der Waals surface area contributed by atoms with Gasteiger partial charge in [0.2, 0.25) is 0 Å². The molecule has 0 saturated heterocycles. The monoisotopic (exact) mass is 273 g/mol. The Kier molecular flexibility index (Phi) is 4.40. The SMILES string of the molecule is CC(C)n1ncc(NC(C)(C)C(C)O)c(Cl)c1=O. The number of anilines is 1. The van der Waals surface area contributed by atoms with Crippen LogP contribution in [0, 0.1) is 0 Å². The smallest absolute Gasteiger partial charge is 0.287 e. The summed E-state index contributed by atoms with van der Waals surface area (Å²) in [5.74, 6) is 0. The van der Waals surface area contributed by atoms with Gasteiger partial charge in [-0.25, -0.2) is 4.68 Å². The van der Waals surface area contributed by atoms with Crippen LogP contribution >= 0.6 is 11.6 Å². The highest BCUT2D eigenvalue weighted by atomic mass is 35.5. The van der Waals surface area contributed by atoms with Crippen molar-refractivity contribution in [2.75, 3.05) is 5.32 Å². The van der Waals surface area contributed by atoms with Gasteiger partial charge in [0, 0.05) is 0 Å². The van der Waals surface area contributed by atoms with Crippen molar-refractivity contribution in [2.24, 2.45) is 0 Å². The van der Waals surface area contributed by atoms with Crippen LogP contribution in [0.15, 0.2) is 11.0 Å². The molecule has 0 spiro atoms. The van der Waals surface area contributed by atoms with Gasteiger partial charge in [-0.3, -0.25) is 4.79 Å². The normalized spacial score (nSPS) is 13.8.